The smallest absolute Gasteiger partial charge is 0.379 e. The fraction of sp³-hybridized carbons (Fsp3) is 0.471. The Morgan fingerprint density at radius 1 is 0.980 bits per heavy atom. The van der Waals surface area contributed by atoms with E-state index in [2.05, 4.69) is 42.1 Å². The van der Waals surface area contributed by atoms with Crippen LogP contribution in [0.3, 0.4) is 0 Å². The zero-order valence-electron chi connectivity index (χ0n) is 27.7. The van der Waals surface area contributed by atoms with Crippen molar-refractivity contribution in [1.82, 2.24) is 29.3 Å². The van der Waals surface area contributed by atoms with E-state index in [1.165, 1.54) is 32.0 Å². The number of nitrogens with one attached hydrogen (secondary N) is 1. The number of hydrogen-bond donors (Lipinski definition) is 1. The van der Waals surface area contributed by atoms with Crippen LogP contribution in [0, 0.1) is 6.92 Å². The van der Waals surface area contributed by atoms with Crippen molar-refractivity contribution in [2.75, 3.05) is 75.0 Å². The van der Waals surface area contributed by atoms with Crippen molar-refractivity contribution in [3.63, 3.8) is 0 Å². The quantitative estimate of drug-likeness (QED) is 0.272. The molecule has 3 saturated heterocycles. The molecule has 16 heteroatoms. The minimum atomic E-state index is -4.90. The third-order valence-corrected chi connectivity index (χ3v) is 11.3. The maximum Gasteiger partial charge on any atom is 0.403 e. The summed E-state index contributed by atoms with van der Waals surface area (Å²) in [5, 5.41) is 3.81. The Kier molecular flexibility index (Phi) is 9.54. The van der Waals surface area contributed by atoms with Crippen LogP contribution in [0.4, 0.5) is 30.5 Å². The Bertz CT molecular complexity index is 2040. The molecule has 1 aromatic carbocycles. The molecule has 0 amide bonds. The van der Waals surface area contributed by atoms with E-state index in [1.54, 1.807) is 16.8 Å². The zero-order valence-corrected chi connectivity index (χ0v) is 28.5. The van der Waals surface area contributed by atoms with Gasteiger partial charge in [0.05, 0.1) is 29.4 Å². The number of hydrogen-bond acceptors (Lipinski definition) is 11. The fourth-order valence-electron chi connectivity index (χ4n) is 7.07. The van der Waals surface area contributed by atoms with Crippen molar-refractivity contribution in [2.24, 2.45) is 0 Å². The van der Waals surface area contributed by atoms with E-state index in [4.69, 9.17) is 9.72 Å². The van der Waals surface area contributed by atoms with Crippen molar-refractivity contribution in [2.45, 2.75) is 43.4 Å². The molecule has 6 heterocycles. The molecule has 3 aliphatic heterocycles. The molecule has 4 aromatic rings. The van der Waals surface area contributed by atoms with Gasteiger partial charge in [-0.15, -0.1) is 0 Å². The standard InChI is InChI=1S/C34H39F3N8O4S/c1-23-17-28(50(47,48)22-34(35,36)37)20-38-30(23)29-18-24-19-39-33(41-31(24)45(32(29)46)12-9-42-13-15-49-16-14-42)40-25-4-6-26(7-5-25)44-11-10-43-8-2-3-27(43)21-44/h4-7,17-20,27H,2-3,8-16,21-22H2,1H3,(H,39,40,41). The number of piperazine rings is 1. The number of aromatic nitrogens is 4. The summed E-state index contributed by atoms with van der Waals surface area (Å²) in [4.78, 5) is 34.2. The van der Waals surface area contributed by atoms with E-state index in [9.17, 15) is 26.4 Å². The van der Waals surface area contributed by atoms with Gasteiger partial charge in [0, 0.05) is 81.0 Å². The molecule has 1 atom stereocenters. The van der Waals surface area contributed by atoms with Crippen LogP contribution < -0.4 is 15.8 Å². The van der Waals surface area contributed by atoms with Gasteiger partial charge in [-0.1, -0.05) is 0 Å². The molecular weight excluding hydrogens is 673 g/mol. The minimum absolute atomic E-state index is 0.162. The molecule has 0 bridgehead atoms. The number of pyridine rings is 2. The van der Waals surface area contributed by atoms with Gasteiger partial charge in [-0.3, -0.25) is 24.1 Å². The van der Waals surface area contributed by atoms with Gasteiger partial charge in [-0.05, 0) is 68.3 Å². The summed E-state index contributed by atoms with van der Waals surface area (Å²) in [7, 11) is -4.67. The number of rotatable bonds is 9. The largest absolute Gasteiger partial charge is 0.403 e. The van der Waals surface area contributed by atoms with Gasteiger partial charge >= 0.3 is 6.18 Å². The second kappa shape index (κ2) is 13.9. The monoisotopic (exact) mass is 712 g/mol. The molecule has 0 radical (unpaired) electrons. The number of anilines is 3. The van der Waals surface area contributed by atoms with E-state index in [0.717, 1.165) is 50.7 Å². The highest BCUT2D eigenvalue weighted by molar-refractivity contribution is 7.91. The molecule has 266 valence electrons. The molecule has 0 saturated carbocycles. The highest BCUT2D eigenvalue weighted by Gasteiger charge is 2.36. The highest BCUT2D eigenvalue weighted by atomic mass is 32.2. The third-order valence-electron chi connectivity index (χ3n) is 9.67. The van der Waals surface area contributed by atoms with Gasteiger partial charge in [0.1, 0.15) is 5.65 Å². The lowest BCUT2D eigenvalue weighted by Crippen LogP contribution is -2.50. The van der Waals surface area contributed by atoms with Gasteiger partial charge in [0.25, 0.3) is 5.56 Å². The molecule has 3 aromatic heterocycles. The van der Waals surface area contributed by atoms with Gasteiger partial charge in [0.15, 0.2) is 15.6 Å². The summed E-state index contributed by atoms with van der Waals surface area (Å²) in [5.41, 5.74) is 2.53. The number of morpholine rings is 1. The Hall–Kier alpha value is -4.12. The summed E-state index contributed by atoms with van der Waals surface area (Å²) in [6.45, 7) is 9.27. The molecule has 12 nitrogen and oxygen atoms in total. The molecule has 0 spiro atoms. The number of ether oxygens (including phenoxy) is 1. The van der Waals surface area contributed by atoms with Crippen molar-refractivity contribution < 1.29 is 26.3 Å². The first-order chi connectivity index (χ1) is 23.9. The van der Waals surface area contributed by atoms with Gasteiger partial charge in [0.2, 0.25) is 5.95 Å². The zero-order chi connectivity index (χ0) is 35.0. The average Bonchev–Trinajstić information content (AvgIpc) is 3.56. The van der Waals surface area contributed by atoms with Crippen LogP contribution in [0.1, 0.15) is 18.4 Å². The topological polar surface area (TPSA) is 126 Å². The third kappa shape index (κ3) is 7.48. The Morgan fingerprint density at radius 3 is 2.50 bits per heavy atom. The molecule has 50 heavy (non-hydrogen) atoms. The van der Waals surface area contributed by atoms with Crippen LogP contribution in [0.25, 0.3) is 22.3 Å². The lowest BCUT2D eigenvalue weighted by Gasteiger charge is -2.38. The molecule has 3 fully saturated rings. The van der Waals surface area contributed by atoms with Gasteiger partial charge < -0.3 is 15.0 Å². The van der Waals surface area contributed by atoms with Crippen molar-refractivity contribution >= 4 is 38.2 Å². The molecular formula is C34H39F3N8O4S. The number of benzene rings is 1. The lowest BCUT2D eigenvalue weighted by atomic mass is 10.1. The summed E-state index contributed by atoms with van der Waals surface area (Å²) >= 11 is 0. The Balaban J connectivity index is 1.18. The number of nitrogens with zero attached hydrogens (tertiary/aromatic N) is 7. The predicted octanol–water partition coefficient (Wildman–Crippen LogP) is 3.86. The summed E-state index contributed by atoms with van der Waals surface area (Å²) in [6, 6.07) is 11.5. The maximum atomic E-state index is 14.1. The van der Waals surface area contributed by atoms with Crippen LogP contribution in [0.5, 0.6) is 0 Å². The van der Waals surface area contributed by atoms with Gasteiger partial charge in [-0.25, -0.2) is 13.4 Å². The number of fused-ring (bicyclic) bond motifs is 2. The maximum absolute atomic E-state index is 14.1. The summed E-state index contributed by atoms with van der Waals surface area (Å²) < 4.78 is 70.6. The summed E-state index contributed by atoms with van der Waals surface area (Å²) in [6.07, 6.45) is 0.0762. The first-order valence-corrected chi connectivity index (χ1v) is 18.4. The van der Waals surface area contributed by atoms with Gasteiger partial charge in [-0.2, -0.15) is 18.2 Å². The molecule has 1 unspecified atom stereocenters. The lowest BCUT2D eigenvalue weighted by molar-refractivity contribution is -0.106. The van der Waals surface area contributed by atoms with Crippen LogP contribution in [0.2, 0.25) is 0 Å². The van der Waals surface area contributed by atoms with Crippen LogP contribution >= 0.6 is 0 Å². The second-order valence-electron chi connectivity index (χ2n) is 13.1. The average molecular weight is 713 g/mol. The number of sulfone groups is 1. The van der Waals surface area contributed by atoms with Crippen molar-refractivity contribution in [3.8, 4) is 11.3 Å². The van der Waals surface area contributed by atoms with Crippen LogP contribution in [0.15, 0.2) is 58.5 Å². The molecule has 1 N–H and O–H groups in total. The van der Waals surface area contributed by atoms with Crippen molar-refractivity contribution in [3.05, 3.63) is 64.7 Å². The molecule has 3 aliphatic rings. The number of aryl methyl sites for hydroxylation is 1. The van der Waals surface area contributed by atoms with Crippen LogP contribution in [-0.2, 0) is 21.1 Å². The number of alkyl halides is 3. The molecule has 0 aliphatic carbocycles. The SMILES string of the molecule is Cc1cc(S(=O)(=O)CC(F)(F)F)cnc1-c1cc2cnc(Nc3ccc(N4CCN5CCCC5C4)cc3)nc2n(CCN2CCOCC2)c1=O. The summed E-state index contributed by atoms with van der Waals surface area (Å²) in [5.74, 6) is -1.69. The Morgan fingerprint density at radius 2 is 1.76 bits per heavy atom. The van der Waals surface area contributed by atoms with Crippen LogP contribution in [-0.4, -0.2) is 115 Å². The Labute approximate surface area is 287 Å². The number of halogens is 3. The first-order valence-electron chi connectivity index (χ1n) is 16.8. The first kappa shape index (κ1) is 34.3. The minimum Gasteiger partial charge on any atom is -0.379 e. The normalized spacial score (nSPS) is 19.2. The molecule has 7 rings (SSSR count). The van der Waals surface area contributed by atoms with E-state index in [1.807, 2.05) is 12.1 Å². The van der Waals surface area contributed by atoms with E-state index >= 15 is 0 Å². The fourth-order valence-corrected chi connectivity index (χ4v) is 8.24. The highest BCUT2D eigenvalue weighted by Crippen LogP contribution is 2.29. The van der Waals surface area contributed by atoms with E-state index < -0.39 is 32.2 Å². The van der Waals surface area contributed by atoms with Crippen molar-refractivity contribution in [1.29, 1.82) is 0 Å². The predicted molar refractivity (Wildman–Crippen MR) is 184 cm³/mol. The van der Waals surface area contributed by atoms with E-state index in [-0.39, 0.29) is 16.8 Å². The second-order valence-corrected chi connectivity index (χ2v) is 15.1. The van der Waals surface area contributed by atoms with E-state index in [0.29, 0.717) is 49.3 Å².